The number of thiazole rings is 1. The number of carbonyl (C=O) groups excluding carboxylic acids is 1. The topological polar surface area (TPSA) is 51.2 Å². The van der Waals surface area contributed by atoms with Gasteiger partial charge in [0, 0.05) is 18.0 Å². The van der Waals surface area contributed by atoms with Gasteiger partial charge in [0.05, 0.1) is 19.9 Å². The van der Waals surface area contributed by atoms with E-state index in [2.05, 4.69) is 22.4 Å². The maximum Gasteiger partial charge on any atom is 0.257 e. The number of hydrogen-bond acceptors (Lipinski definition) is 5. The molecule has 0 aliphatic carbocycles. The van der Waals surface area contributed by atoms with E-state index < -0.39 is 0 Å². The molecule has 2 heterocycles. The van der Waals surface area contributed by atoms with Gasteiger partial charge in [0.15, 0.2) is 6.61 Å². The molecular formula is C20H18N2O2S2. The average molecular weight is 383 g/mol. The molecule has 0 radical (unpaired) electrons. The summed E-state index contributed by atoms with van der Waals surface area (Å²) in [6.45, 7) is 2.63. The molecule has 0 saturated carbocycles. The lowest BCUT2D eigenvalue weighted by atomic mass is 10.1. The Labute approximate surface area is 159 Å². The fourth-order valence-electron chi connectivity index (χ4n) is 2.89. The monoisotopic (exact) mass is 382 g/mol. The molecule has 0 spiro atoms. The molecular weight excluding hydrogens is 364 g/mol. The zero-order valence-corrected chi connectivity index (χ0v) is 16.0. The number of nitrogens with zero attached hydrogens (tertiary/aromatic N) is 1. The minimum atomic E-state index is -0.107. The van der Waals surface area contributed by atoms with Crippen LogP contribution in [0, 0.1) is 6.92 Å². The SMILES string of the molecule is Cc1nc2c(cc(OCC(=O)NCCc3ccccc3)c3ccsc32)s1. The van der Waals surface area contributed by atoms with Gasteiger partial charge in [-0.3, -0.25) is 4.79 Å². The highest BCUT2D eigenvalue weighted by Crippen LogP contribution is 2.38. The number of rotatable bonds is 6. The molecule has 0 atom stereocenters. The summed E-state index contributed by atoms with van der Waals surface area (Å²) in [5.74, 6) is 0.639. The van der Waals surface area contributed by atoms with Crippen LogP contribution in [0.2, 0.25) is 0 Å². The van der Waals surface area contributed by atoms with Crippen molar-refractivity contribution in [1.29, 1.82) is 0 Å². The van der Waals surface area contributed by atoms with Crippen molar-refractivity contribution in [3.8, 4) is 5.75 Å². The van der Waals surface area contributed by atoms with Crippen molar-refractivity contribution in [3.05, 3.63) is 58.4 Å². The van der Waals surface area contributed by atoms with Crippen LogP contribution in [0.3, 0.4) is 0 Å². The van der Waals surface area contributed by atoms with Gasteiger partial charge in [-0.25, -0.2) is 4.98 Å². The molecule has 26 heavy (non-hydrogen) atoms. The molecule has 0 aliphatic rings. The summed E-state index contributed by atoms with van der Waals surface area (Å²) < 4.78 is 8.04. The second-order valence-electron chi connectivity index (χ2n) is 5.99. The Morgan fingerprint density at radius 2 is 2.08 bits per heavy atom. The maximum absolute atomic E-state index is 12.1. The third kappa shape index (κ3) is 3.57. The highest BCUT2D eigenvalue weighted by atomic mass is 32.1. The van der Waals surface area contributed by atoms with Crippen LogP contribution in [0.25, 0.3) is 20.3 Å². The lowest BCUT2D eigenvalue weighted by Gasteiger charge is -2.09. The summed E-state index contributed by atoms with van der Waals surface area (Å²) in [6.07, 6.45) is 0.813. The standard InChI is InChI=1S/C20H18N2O2S2/c1-13-22-19-17(26-13)11-16(15-8-10-25-20(15)19)24-12-18(23)21-9-7-14-5-3-2-4-6-14/h2-6,8,10-11H,7,9,12H2,1H3,(H,21,23). The van der Waals surface area contributed by atoms with E-state index in [1.165, 1.54) is 5.56 Å². The van der Waals surface area contributed by atoms with E-state index in [-0.39, 0.29) is 12.5 Å². The van der Waals surface area contributed by atoms with Gasteiger partial charge in [0.1, 0.15) is 5.75 Å². The zero-order chi connectivity index (χ0) is 17.9. The van der Waals surface area contributed by atoms with Gasteiger partial charge in [-0.2, -0.15) is 0 Å². The first-order valence-corrected chi connectivity index (χ1v) is 10.1. The molecule has 2 aromatic carbocycles. The van der Waals surface area contributed by atoms with Gasteiger partial charge in [0.25, 0.3) is 5.91 Å². The Hall–Kier alpha value is -2.44. The number of aromatic nitrogens is 1. The van der Waals surface area contributed by atoms with Gasteiger partial charge >= 0.3 is 0 Å². The first kappa shape index (κ1) is 17.0. The largest absolute Gasteiger partial charge is 0.483 e. The maximum atomic E-state index is 12.1. The number of thiophene rings is 1. The van der Waals surface area contributed by atoms with Crippen LogP contribution in [0.5, 0.6) is 5.75 Å². The number of carbonyl (C=O) groups is 1. The first-order valence-electron chi connectivity index (χ1n) is 8.41. The number of benzene rings is 2. The smallest absolute Gasteiger partial charge is 0.257 e. The lowest BCUT2D eigenvalue weighted by Crippen LogP contribution is -2.30. The minimum absolute atomic E-state index is 0.0169. The normalized spacial score (nSPS) is 11.1. The fourth-order valence-corrected chi connectivity index (χ4v) is 4.72. The molecule has 0 bridgehead atoms. The summed E-state index contributed by atoms with van der Waals surface area (Å²) in [4.78, 5) is 16.7. The van der Waals surface area contributed by atoms with E-state index in [1.807, 2.05) is 42.6 Å². The van der Waals surface area contributed by atoms with E-state index >= 15 is 0 Å². The van der Waals surface area contributed by atoms with Crippen LogP contribution < -0.4 is 10.1 Å². The van der Waals surface area contributed by atoms with Gasteiger partial charge < -0.3 is 10.1 Å². The third-order valence-corrected chi connectivity index (χ3v) is 5.94. The van der Waals surface area contributed by atoms with Crippen LogP contribution in [0.4, 0.5) is 0 Å². The molecule has 4 aromatic rings. The highest BCUT2D eigenvalue weighted by molar-refractivity contribution is 7.21. The minimum Gasteiger partial charge on any atom is -0.483 e. The summed E-state index contributed by atoms with van der Waals surface area (Å²) in [6, 6.07) is 14.1. The van der Waals surface area contributed by atoms with Crippen molar-refractivity contribution >= 4 is 48.9 Å². The molecule has 0 unspecified atom stereocenters. The fraction of sp³-hybridized carbons (Fsp3) is 0.200. The highest BCUT2D eigenvalue weighted by Gasteiger charge is 2.13. The van der Waals surface area contributed by atoms with Crippen molar-refractivity contribution in [2.75, 3.05) is 13.2 Å². The Balaban J connectivity index is 1.40. The van der Waals surface area contributed by atoms with Crippen LogP contribution in [-0.4, -0.2) is 24.0 Å². The molecule has 0 fully saturated rings. The van der Waals surface area contributed by atoms with Crippen LogP contribution >= 0.6 is 22.7 Å². The number of nitrogens with one attached hydrogen (secondary N) is 1. The third-order valence-electron chi connectivity index (χ3n) is 4.11. The van der Waals surface area contributed by atoms with E-state index in [4.69, 9.17) is 4.74 Å². The summed E-state index contributed by atoms with van der Waals surface area (Å²) >= 11 is 3.30. The number of fused-ring (bicyclic) bond motifs is 3. The lowest BCUT2D eigenvalue weighted by molar-refractivity contribution is -0.123. The summed E-state index contributed by atoms with van der Waals surface area (Å²) in [5.41, 5.74) is 2.23. The second kappa shape index (κ2) is 7.43. The summed E-state index contributed by atoms with van der Waals surface area (Å²) in [5, 5.41) is 7.00. The summed E-state index contributed by atoms with van der Waals surface area (Å²) in [7, 11) is 0. The first-order chi connectivity index (χ1) is 12.7. The van der Waals surface area contributed by atoms with Gasteiger partial charge in [-0.1, -0.05) is 30.3 Å². The molecule has 2 aromatic heterocycles. The van der Waals surface area contributed by atoms with E-state index in [0.29, 0.717) is 6.54 Å². The van der Waals surface area contributed by atoms with Crippen molar-refractivity contribution in [3.63, 3.8) is 0 Å². The molecule has 132 valence electrons. The van der Waals surface area contributed by atoms with Crippen molar-refractivity contribution in [1.82, 2.24) is 10.3 Å². The zero-order valence-electron chi connectivity index (χ0n) is 14.3. The second-order valence-corrected chi connectivity index (χ2v) is 8.14. The molecule has 6 heteroatoms. The molecule has 0 aliphatic heterocycles. The van der Waals surface area contributed by atoms with E-state index in [0.717, 1.165) is 37.5 Å². The van der Waals surface area contributed by atoms with E-state index in [9.17, 15) is 4.79 Å². The van der Waals surface area contributed by atoms with Crippen molar-refractivity contribution < 1.29 is 9.53 Å². The number of ether oxygens (including phenoxy) is 1. The van der Waals surface area contributed by atoms with Gasteiger partial charge in [0.2, 0.25) is 0 Å². The van der Waals surface area contributed by atoms with Crippen LogP contribution in [-0.2, 0) is 11.2 Å². The van der Waals surface area contributed by atoms with Gasteiger partial charge in [-0.05, 0) is 30.4 Å². The van der Waals surface area contributed by atoms with Crippen molar-refractivity contribution in [2.24, 2.45) is 0 Å². The van der Waals surface area contributed by atoms with Crippen molar-refractivity contribution in [2.45, 2.75) is 13.3 Å². The molecule has 4 rings (SSSR count). The number of aryl methyl sites for hydroxylation is 1. The van der Waals surface area contributed by atoms with Crippen LogP contribution in [0.1, 0.15) is 10.6 Å². The van der Waals surface area contributed by atoms with Gasteiger partial charge in [-0.15, -0.1) is 22.7 Å². The molecule has 1 amide bonds. The average Bonchev–Trinajstić information content (AvgIpc) is 3.26. The van der Waals surface area contributed by atoms with Crippen LogP contribution in [0.15, 0.2) is 47.8 Å². The Morgan fingerprint density at radius 1 is 1.23 bits per heavy atom. The predicted molar refractivity (Wildman–Crippen MR) is 108 cm³/mol. The van der Waals surface area contributed by atoms with E-state index in [1.54, 1.807) is 22.7 Å². The predicted octanol–water partition coefficient (Wildman–Crippen LogP) is 4.56. The number of hydrogen-bond donors (Lipinski definition) is 1. The quantitative estimate of drug-likeness (QED) is 0.532. The molecule has 0 saturated heterocycles. The Bertz CT molecular complexity index is 1050. The Kier molecular flexibility index (Phi) is 4.86. The molecule has 4 nitrogen and oxygen atoms in total. The Morgan fingerprint density at radius 3 is 2.92 bits per heavy atom. The number of amides is 1. The molecule has 1 N–H and O–H groups in total.